The van der Waals surface area contributed by atoms with Crippen molar-refractivity contribution in [2.75, 3.05) is 11.9 Å². The molecule has 0 unspecified atom stereocenters. The van der Waals surface area contributed by atoms with E-state index in [0.717, 1.165) is 25.7 Å². The van der Waals surface area contributed by atoms with Crippen molar-refractivity contribution in [3.63, 3.8) is 0 Å². The lowest BCUT2D eigenvalue weighted by atomic mass is 10.1. The number of hydrogen-bond donors (Lipinski definition) is 3. The Morgan fingerprint density at radius 2 is 1.80 bits per heavy atom. The van der Waals surface area contributed by atoms with E-state index in [4.69, 9.17) is 10.8 Å². The van der Waals surface area contributed by atoms with Gasteiger partial charge in [-0.25, -0.2) is 0 Å². The fourth-order valence-electron chi connectivity index (χ4n) is 1.96. The molecule has 0 aromatic heterocycles. The number of anilines is 1. The van der Waals surface area contributed by atoms with E-state index in [1.165, 1.54) is 0 Å². The normalized spacial score (nSPS) is 10.2. The molecular weight excluding hydrogens is 256 g/mol. The molecule has 0 fully saturated rings. The Morgan fingerprint density at radius 3 is 2.50 bits per heavy atom. The Bertz CT molecular complexity index is 446. The standard InChI is InChI=1S/C15H22N2O3/c16-10-6-2-1-3-9-14(18)17-13-8-5-4-7-12(13)11-15(19)20/h4-5,7-8H,1-3,6,9-11,16H2,(H,17,18)(H,19,20). The van der Waals surface area contributed by atoms with Gasteiger partial charge in [0.15, 0.2) is 0 Å². The van der Waals surface area contributed by atoms with E-state index >= 15 is 0 Å². The zero-order chi connectivity index (χ0) is 14.8. The highest BCUT2D eigenvalue weighted by Crippen LogP contribution is 2.16. The second-order valence-corrected chi connectivity index (χ2v) is 4.73. The molecule has 0 aliphatic rings. The molecule has 1 rings (SSSR count). The van der Waals surface area contributed by atoms with Crippen LogP contribution in [0.5, 0.6) is 0 Å². The molecule has 5 heteroatoms. The van der Waals surface area contributed by atoms with Crippen molar-refractivity contribution in [3.05, 3.63) is 29.8 Å². The minimum Gasteiger partial charge on any atom is -0.481 e. The monoisotopic (exact) mass is 278 g/mol. The molecule has 0 heterocycles. The molecule has 0 aliphatic carbocycles. The number of hydrogen-bond acceptors (Lipinski definition) is 3. The highest BCUT2D eigenvalue weighted by atomic mass is 16.4. The number of carbonyl (C=O) groups is 2. The smallest absolute Gasteiger partial charge is 0.307 e. The highest BCUT2D eigenvalue weighted by molar-refractivity contribution is 5.92. The van der Waals surface area contributed by atoms with Crippen LogP contribution in [0.15, 0.2) is 24.3 Å². The Hall–Kier alpha value is -1.88. The summed E-state index contributed by atoms with van der Waals surface area (Å²) in [6, 6.07) is 6.98. The first-order valence-corrected chi connectivity index (χ1v) is 6.93. The van der Waals surface area contributed by atoms with E-state index in [0.29, 0.717) is 24.2 Å². The van der Waals surface area contributed by atoms with Gasteiger partial charge in [0.25, 0.3) is 0 Å². The minimum atomic E-state index is -0.909. The molecule has 4 N–H and O–H groups in total. The van der Waals surface area contributed by atoms with Gasteiger partial charge < -0.3 is 16.2 Å². The third kappa shape index (κ3) is 6.33. The van der Waals surface area contributed by atoms with Gasteiger partial charge in [0, 0.05) is 12.1 Å². The lowest BCUT2D eigenvalue weighted by Gasteiger charge is -2.09. The van der Waals surface area contributed by atoms with E-state index in [-0.39, 0.29) is 12.3 Å². The van der Waals surface area contributed by atoms with Crippen molar-refractivity contribution in [1.29, 1.82) is 0 Å². The summed E-state index contributed by atoms with van der Waals surface area (Å²) >= 11 is 0. The first-order chi connectivity index (χ1) is 9.63. The van der Waals surface area contributed by atoms with Gasteiger partial charge in [0.05, 0.1) is 6.42 Å². The quantitative estimate of drug-likeness (QED) is 0.603. The highest BCUT2D eigenvalue weighted by Gasteiger charge is 2.09. The second kappa shape index (κ2) is 9.09. The largest absolute Gasteiger partial charge is 0.481 e. The molecular formula is C15H22N2O3. The summed E-state index contributed by atoms with van der Waals surface area (Å²) in [5.41, 5.74) is 6.61. The fraction of sp³-hybridized carbons (Fsp3) is 0.467. The van der Waals surface area contributed by atoms with Crippen molar-refractivity contribution >= 4 is 17.6 Å². The van der Waals surface area contributed by atoms with Gasteiger partial charge in [-0.15, -0.1) is 0 Å². The van der Waals surface area contributed by atoms with Crippen molar-refractivity contribution in [2.45, 2.75) is 38.5 Å². The van der Waals surface area contributed by atoms with Crippen molar-refractivity contribution < 1.29 is 14.7 Å². The predicted molar refractivity (Wildman–Crippen MR) is 78.6 cm³/mol. The maximum atomic E-state index is 11.8. The zero-order valence-electron chi connectivity index (χ0n) is 11.6. The van der Waals surface area contributed by atoms with Crippen molar-refractivity contribution in [2.24, 2.45) is 5.73 Å². The number of unbranched alkanes of at least 4 members (excludes halogenated alkanes) is 3. The molecule has 1 aromatic carbocycles. The lowest BCUT2D eigenvalue weighted by Crippen LogP contribution is -2.13. The van der Waals surface area contributed by atoms with Gasteiger partial charge in [0.2, 0.25) is 5.91 Å². The number of amides is 1. The van der Waals surface area contributed by atoms with Gasteiger partial charge in [-0.1, -0.05) is 31.0 Å². The van der Waals surface area contributed by atoms with Crippen LogP contribution in [0.25, 0.3) is 0 Å². The molecule has 0 saturated carbocycles. The average Bonchev–Trinajstić information content (AvgIpc) is 2.40. The van der Waals surface area contributed by atoms with Crippen LogP contribution >= 0.6 is 0 Å². The summed E-state index contributed by atoms with van der Waals surface area (Å²) in [7, 11) is 0. The third-order valence-electron chi connectivity index (χ3n) is 2.99. The van der Waals surface area contributed by atoms with Gasteiger partial charge in [0.1, 0.15) is 0 Å². The summed E-state index contributed by atoms with van der Waals surface area (Å²) in [5.74, 6) is -0.982. The van der Waals surface area contributed by atoms with E-state index in [1.54, 1.807) is 24.3 Å². The van der Waals surface area contributed by atoms with Crippen LogP contribution in [-0.4, -0.2) is 23.5 Å². The van der Waals surface area contributed by atoms with Crippen LogP contribution in [0.4, 0.5) is 5.69 Å². The molecule has 20 heavy (non-hydrogen) atoms. The van der Waals surface area contributed by atoms with Crippen LogP contribution in [-0.2, 0) is 16.0 Å². The molecule has 0 aliphatic heterocycles. The maximum Gasteiger partial charge on any atom is 0.307 e. The number of carbonyl (C=O) groups excluding carboxylic acids is 1. The van der Waals surface area contributed by atoms with Crippen molar-refractivity contribution in [1.82, 2.24) is 0 Å². The number of carboxylic acid groups (broad SMARTS) is 1. The molecule has 0 bridgehead atoms. The summed E-state index contributed by atoms with van der Waals surface area (Å²) in [4.78, 5) is 22.6. The number of nitrogens with one attached hydrogen (secondary N) is 1. The number of aliphatic carboxylic acids is 1. The number of benzene rings is 1. The van der Waals surface area contributed by atoms with Crippen LogP contribution in [0.3, 0.4) is 0 Å². The third-order valence-corrected chi connectivity index (χ3v) is 2.99. The summed E-state index contributed by atoms with van der Waals surface area (Å²) < 4.78 is 0. The first kappa shape index (κ1) is 16.2. The molecule has 0 atom stereocenters. The molecule has 110 valence electrons. The summed E-state index contributed by atoms with van der Waals surface area (Å²) in [5, 5.41) is 11.6. The summed E-state index contributed by atoms with van der Waals surface area (Å²) in [6.07, 6.45) is 4.20. The Morgan fingerprint density at radius 1 is 1.10 bits per heavy atom. The SMILES string of the molecule is NCCCCCCC(=O)Nc1ccccc1CC(=O)O. The molecule has 1 aromatic rings. The number of rotatable bonds is 9. The number of para-hydroxylation sites is 1. The van der Waals surface area contributed by atoms with Gasteiger partial charge >= 0.3 is 5.97 Å². The first-order valence-electron chi connectivity index (χ1n) is 6.93. The van der Waals surface area contributed by atoms with E-state index in [9.17, 15) is 9.59 Å². The van der Waals surface area contributed by atoms with Crippen LogP contribution in [0.2, 0.25) is 0 Å². The molecule has 5 nitrogen and oxygen atoms in total. The van der Waals surface area contributed by atoms with Crippen LogP contribution in [0, 0.1) is 0 Å². The fourth-order valence-corrected chi connectivity index (χ4v) is 1.96. The molecule has 1 amide bonds. The minimum absolute atomic E-state index is 0.0735. The molecule has 0 radical (unpaired) electrons. The van der Waals surface area contributed by atoms with Gasteiger partial charge in [-0.2, -0.15) is 0 Å². The van der Waals surface area contributed by atoms with Gasteiger partial charge in [-0.3, -0.25) is 9.59 Å². The van der Waals surface area contributed by atoms with E-state index in [2.05, 4.69) is 5.32 Å². The van der Waals surface area contributed by atoms with Gasteiger partial charge in [-0.05, 0) is 31.0 Å². The second-order valence-electron chi connectivity index (χ2n) is 4.73. The zero-order valence-corrected chi connectivity index (χ0v) is 11.6. The van der Waals surface area contributed by atoms with E-state index in [1.807, 2.05) is 0 Å². The molecule has 0 spiro atoms. The van der Waals surface area contributed by atoms with Crippen LogP contribution < -0.4 is 11.1 Å². The van der Waals surface area contributed by atoms with Crippen molar-refractivity contribution in [3.8, 4) is 0 Å². The lowest BCUT2D eigenvalue weighted by molar-refractivity contribution is -0.136. The van der Waals surface area contributed by atoms with E-state index < -0.39 is 5.97 Å². The Kier molecular flexibility index (Phi) is 7.35. The summed E-state index contributed by atoms with van der Waals surface area (Å²) in [6.45, 7) is 0.689. The Balaban J connectivity index is 2.43. The maximum absolute atomic E-state index is 11.8. The number of carboxylic acids is 1. The topological polar surface area (TPSA) is 92.4 Å². The van der Waals surface area contributed by atoms with Crippen LogP contribution in [0.1, 0.15) is 37.7 Å². The number of nitrogens with two attached hydrogens (primary N) is 1. The predicted octanol–water partition coefficient (Wildman–Crippen LogP) is 2.16. The Labute approximate surface area is 119 Å². The average molecular weight is 278 g/mol. The molecule has 0 saturated heterocycles.